The molecule has 21 heavy (non-hydrogen) atoms. The number of benzene rings is 2. The smallest absolute Gasteiger partial charge is 0.256 e. The highest BCUT2D eigenvalue weighted by Crippen LogP contribution is 2.20. The van der Waals surface area contributed by atoms with E-state index in [1.165, 1.54) is 18.2 Å². The molecule has 0 heterocycles. The monoisotopic (exact) mass is 416 g/mol. The molecule has 0 aliphatic carbocycles. The Kier molecular flexibility index (Phi) is 4.64. The van der Waals surface area contributed by atoms with E-state index in [-0.39, 0.29) is 10.8 Å². The summed E-state index contributed by atoms with van der Waals surface area (Å²) in [6.45, 7) is 1.71. The first-order valence-corrected chi connectivity index (χ1v) is 8.61. The molecule has 2 aromatic rings. The fourth-order valence-corrected chi connectivity index (χ4v) is 3.02. The van der Waals surface area contributed by atoms with Crippen LogP contribution in [0.25, 0.3) is 0 Å². The molecule has 1 amide bonds. The number of anilines is 1. The summed E-state index contributed by atoms with van der Waals surface area (Å²) in [4.78, 5) is 12.2. The van der Waals surface area contributed by atoms with Crippen molar-refractivity contribution >= 4 is 44.2 Å². The molecule has 0 spiro atoms. The van der Waals surface area contributed by atoms with Gasteiger partial charge in [-0.2, -0.15) is 0 Å². The number of nitrogens with two attached hydrogens (primary N) is 1. The summed E-state index contributed by atoms with van der Waals surface area (Å²) < 4.78 is 23.4. The maximum atomic E-state index is 12.2. The van der Waals surface area contributed by atoms with Gasteiger partial charge in [-0.05, 0) is 65.4 Å². The number of amides is 1. The quantitative estimate of drug-likeness (QED) is 0.754. The lowest BCUT2D eigenvalue weighted by Gasteiger charge is -2.10. The standard InChI is InChI=1S/C14H13IN2O3S/c1-9-8-10(21(16,19)20)6-7-13(9)17-14(18)11-4-2-3-5-12(11)15/h2-8H,1H3,(H,17,18)(H2,16,19,20). The van der Waals surface area contributed by atoms with E-state index < -0.39 is 10.0 Å². The molecule has 2 aromatic carbocycles. The summed E-state index contributed by atoms with van der Waals surface area (Å²) >= 11 is 2.09. The molecule has 0 saturated heterocycles. The van der Waals surface area contributed by atoms with Gasteiger partial charge in [0.15, 0.2) is 0 Å². The molecule has 7 heteroatoms. The Labute approximate surface area is 136 Å². The van der Waals surface area contributed by atoms with E-state index in [9.17, 15) is 13.2 Å². The van der Waals surface area contributed by atoms with Crippen molar-refractivity contribution in [2.75, 3.05) is 5.32 Å². The van der Waals surface area contributed by atoms with Gasteiger partial charge >= 0.3 is 0 Å². The zero-order valence-corrected chi connectivity index (χ0v) is 14.1. The average molecular weight is 416 g/mol. The van der Waals surface area contributed by atoms with Gasteiger partial charge in [0, 0.05) is 9.26 Å². The molecule has 3 N–H and O–H groups in total. The Morgan fingerprint density at radius 3 is 2.43 bits per heavy atom. The summed E-state index contributed by atoms with van der Waals surface area (Å²) in [5.41, 5.74) is 1.74. The second kappa shape index (κ2) is 6.12. The Hall–Kier alpha value is -1.45. The van der Waals surface area contributed by atoms with Crippen molar-refractivity contribution in [3.63, 3.8) is 0 Å². The number of hydrogen-bond donors (Lipinski definition) is 2. The molecule has 0 atom stereocenters. The number of carbonyl (C=O) groups excluding carboxylic acids is 1. The third-order valence-electron chi connectivity index (χ3n) is 2.89. The van der Waals surface area contributed by atoms with E-state index in [1.807, 2.05) is 12.1 Å². The molecule has 0 aromatic heterocycles. The number of primary sulfonamides is 1. The summed E-state index contributed by atoms with van der Waals surface area (Å²) in [5, 5.41) is 7.84. The van der Waals surface area contributed by atoms with Crippen LogP contribution in [0.3, 0.4) is 0 Å². The molecule has 0 radical (unpaired) electrons. The fraction of sp³-hybridized carbons (Fsp3) is 0.0714. The number of halogens is 1. The summed E-state index contributed by atoms with van der Waals surface area (Å²) in [5.74, 6) is -0.244. The second-order valence-electron chi connectivity index (χ2n) is 4.46. The minimum absolute atomic E-state index is 0.0206. The highest BCUT2D eigenvalue weighted by atomic mass is 127. The van der Waals surface area contributed by atoms with Gasteiger partial charge in [0.2, 0.25) is 10.0 Å². The first-order chi connectivity index (χ1) is 9.79. The van der Waals surface area contributed by atoms with E-state index in [2.05, 4.69) is 27.9 Å². The number of sulfonamides is 1. The minimum Gasteiger partial charge on any atom is -0.322 e. The molecule has 0 aliphatic rings. The number of hydrogen-bond acceptors (Lipinski definition) is 3. The molecule has 110 valence electrons. The number of aryl methyl sites for hydroxylation is 1. The molecule has 5 nitrogen and oxygen atoms in total. The lowest BCUT2D eigenvalue weighted by molar-refractivity contribution is 0.102. The second-order valence-corrected chi connectivity index (χ2v) is 7.18. The Morgan fingerprint density at radius 2 is 1.86 bits per heavy atom. The average Bonchev–Trinajstić information content (AvgIpc) is 2.40. The van der Waals surface area contributed by atoms with E-state index >= 15 is 0 Å². The van der Waals surface area contributed by atoms with Crippen LogP contribution in [-0.2, 0) is 10.0 Å². The van der Waals surface area contributed by atoms with Gasteiger partial charge in [0.25, 0.3) is 5.91 Å². The molecule has 2 rings (SSSR count). The summed E-state index contributed by atoms with van der Waals surface area (Å²) in [6, 6.07) is 11.5. The summed E-state index contributed by atoms with van der Waals surface area (Å²) in [7, 11) is -3.74. The zero-order chi connectivity index (χ0) is 15.6. The Morgan fingerprint density at radius 1 is 1.19 bits per heavy atom. The third kappa shape index (κ3) is 3.80. The van der Waals surface area contributed by atoms with Gasteiger partial charge in [-0.1, -0.05) is 12.1 Å². The van der Waals surface area contributed by atoms with Crippen LogP contribution in [-0.4, -0.2) is 14.3 Å². The van der Waals surface area contributed by atoms with Crippen molar-refractivity contribution in [1.29, 1.82) is 0 Å². The van der Waals surface area contributed by atoms with Gasteiger partial charge in [-0.15, -0.1) is 0 Å². The topological polar surface area (TPSA) is 89.3 Å². The Balaban J connectivity index is 2.29. The lowest BCUT2D eigenvalue weighted by atomic mass is 10.1. The zero-order valence-electron chi connectivity index (χ0n) is 11.1. The highest BCUT2D eigenvalue weighted by molar-refractivity contribution is 14.1. The maximum Gasteiger partial charge on any atom is 0.256 e. The van der Waals surface area contributed by atoms with Gasteiger partial charge in [-0.3, -0.25) is 4.79 Å². The number of nitrogens with one attached hydrogen (secondary N) is 1. The van der Waals surface area contributed by atoms with Crippen molar-refractivity contribution in [3.05, 3.63) is 57.2 Å². The third-order valence-corrected chi connectivity index (χ3v) is 4.74. The first kappa shape index (κ1) is 15.9. The molecule has 0 aliphatic heterocycles. The lowest BCUT2D eigenvalue weighted by Crippen LogP contribution is -2.15. The first-order valence-electron chi connectivity index (χ1n) is 5.98. The summed E-state index contributed by atoms with van der Waals surface area (Å²) in [6.07, 6.45) is 0. The van der Waals surface area contributed by atoms with Crippen LogP contribution < -0.4 is 10.5 Å². The van der Waals surface area contributed by atoms with Gasteiger partial charge in [0.05, 0.1) is 10.5 Å². The predicted octanol–water partition coefficient (Wildman–Crippen LogP) is 2.50. The van der Waals surface area contributed by atoms with Gasteiger partial charge in [-0.25, -0.2) is 13.6 Å². The van der Waals surface area contributed by atoms with Gasteiger partial charge < -0.3 is 5.32 Å². The normalized spacial score (nSPS) is 11.2. The van der Waals surface area contributed by atoms with Crippen LogP contribution in [0.15, 0.2) is 47.4 Å². The number of rotatable bonds is 3. The van der Waals surface area contributed by atoms with E-state index in [0.29, 0.717) is 16.8 Å². The van der Waals surface area contributed by atoms with Crippen molar-refractivity contribution in [2.45, 2.75) is 11.8 Å². The molecule has 0 bridgehead atoms. The molecule has 0 fully saturated rings. The maximum absolute atomic E-state index is 12.2. The van der Waals surface area contributed by atoms with Crippen molar-refractivity contribution in [3.8, 4) is 0 Å². The molecular weight excluding hydrogens is 403 g/mol. The molecular formula is C14H13IN2O3S. The van der Waals surface area contributed by atoms with Crippen LogP contribution >= 0.6 is 22.6 Å². The SMILES string of the molecule is Cc1cc(S(N)(=O)=O)ccc1NC(=O)c1ccccc1I. The largest absolute Gasteiger partial charge is 0.322 e. The van der Waals surface area contributed by atoms with Crippen molar-refractivity contribution in [2.24, 2.45) is 5.14 Å². The van der Waals surface area contributed by atoms with Crippen molar-refractivity contribution in [1.82, 2.24) is 0 Å². The fourth-order valence-electron chi connectivity index (χ4n) is 1.79. The Bertz CT molecular complexity index is 804. The van der Waals surface area contributed by atoms with Crippen LogP contribution in [0.1, 0.15) is 15.9 Å². The highest BCUT2D eigenvalue weighted by Gasteiger charge is 2.13. The van der Waals surface area contributed by atoms with E-state index in [1.54, 1.807) is 19.1 Å². The van der Waals surface area contributed by atoms with Crippen molar-refractivity contribution < 1.29 is 13.2 Å². The molecule has 0 unspecified atom stereocenters. The molecule has 0 saturated carbocycles. The van der Waals surface area contributed by atoms with Crippen LogP contribution in [0.2, 0.25) is 0 Å². The van der Waals surface area contributed by atoms with Crippen LogP contribution in [0, 0.1) is 10.5 Å². The predicted molar refractivity (Wildman–Crippen MR) is 89.7 cm³/mol. The van der Waals surface area contributed by atoms with Gasteiger partial charge in [0.1, 0.15) is 0 Å². The van der Waals surface area contributed by atoms with E-state index in [4.69, 9.17) is 5.14 Å². The van der Waals surface area contributed by atoms with E-state index in [0.717, 1.165) is 3.57 Å². The number of carbonyl (C=O) groups is 1. The van der Waals surface area contributed by atoms with Crippen LogP contribution in [0.5, 0.6) is 0 Å². The minimum atomic E-state index is -3.74. The van der Waals surface area contributed by atoms with Crippen LogP contribution in [0.4, 0.5) is 5.69 Å².